The molecule has 0 radical (unpaired) electrons. The summed E-state index contributed by atoms with van der Waals surface area (Å²) in [4.78, 5) is 0. The second-order valence-electron chi connectivity index (χ2n) is 4.29. The molecule has 0 amide bonds. The lowest BCUT2D eigenvalue weighted by atomic mass is 10.0. The van der Waals surface area contributed by atoms with E-state index >= 15 is 0 Å². The summed E-state index contributed by atoms with van der Waals surface area (Å²) in [5.41, 5.74) is 0.848. The van der Waals surface area contributed by atoms with Crippen molar-refractivity contribution in [3.8, 4) is 0 Å². The Bertz CT molecular complexity index is 189. The van der Waals surface area contributed by atoms with E-state index in [1.165, 1.54) is 32.1 Å². The van der Waals surface area contributed by atoms with Crippen LogP contribution in [-0.2, 0) is 14.2 Å². The maximum Gasteiger partial charge on any atom is 0.306 e. The molecule has 102 valence electrons. The number of ether oxygens (including phenoxy) is 3. The van der Waals surface area contributed by atoms with Crippen molar-refractivity contribution in [3.05, 3.63) is 12.2 Å². The number of methoxy groups -OCH3 is 3. The molecular weight excluding hydrogens is 216 g/mol. The Morgan fingerprint density at radius 1 is 0.882 bits per heavy atom. The van der Waals surface area contributed by atoms with E-state index in [4.69, 9.17) is 14.2 Å². The van der Waals surface area contributed by atoms with Gasteiger partial charge in [0, 0.05) is 26.9 Å². The first-order valence-corrected chi connectivity index (χ1v) is 6.50. The van der Waals surface area contributed by atoms with Crippen molar-refractivity contribution in [2.24, 2.45) is 0 Å². The van der Waals surface area contributed by atoms with Crippen LogP contribution in [0.4, 0.5) is 0 Å². The van der Waals surface area contributed by atoms with Crippen molar-refractivity contribution < 1.29 is 14.2 Å². The molecule has 0 unspecified atom stereocenters. The summed E-state index contributed by atoms with van der Waals surface area (Å²) >= 11 is 0. The SMILES string of the molecule is C=C(CCCCCCCC)C(OC)(OC)OC. The van der Waals surface area contributed by atoms with Crippen molar-refractivity contribution >= 4 is 0 Å². The molecule has 3 heteroatoms. The largest absolute Gasteiger partial charge is 0.327 e. The number of rotatable bonds is 11. The Hall–Kier alpha value is -0.380. The van der Waals surface area contributed by atoms with Crippen LogP contribution in [0.5, 0.6) is 0 Å². The van der Waals surface area contributed by atoms with Gasteiger partial charge in [-0.25, -0.2) is 0 Å². The Kier molecular flexibility index (Phi) is 9.41. The van der Waals surface area contributed by atoms with Gasteiger partial charge in [-0.2, -0.15) is 0 Å². The molecule has 0 fully saturated rings. The summed E-state index contributed by atoms with van der Waals surface area (Å²) in [5, 5.41) is 0. The Balaban J connectivity index is 3.83. The van der Waals surface area contributed by atoms with E-state index in [0.717, 1.165) is 18.4 Å². The molecule has 0 aliphatic rings. The maximum atomic E-state index is 5.25. The van der Waals surface area contributed by atoms with Gasteiger partial charge in [-0.3, -0.25) is 0 Å². The van der Waals surface area contributed by atoms with Gasteiger partial charge in [0.05, 0.1) is 0 Å². The monoisotopic (exact) mass is 244 g/mol. The molecule has 0 aromatic heterocycles. The molecule has 0 N–H and O–H groups in total. The summed E-state index contributed by atoms with van der Waals surface area (Å²) in [6, 6.07) is 0. The van der Waals surface area contributed by atoms with Gasteiger partial charge in [-0.05, 0) is 12.8 Å². The van der Waals surface area contributed by atoms with Crippen LogP contribution in [0.25, 0.3) is 0 Å². The second kappa shape index (κ2) is 9.63. The third-order valence-corrected chi connectivity index (χ3v) is 3.07. The van der Waals surface area contributed by atoms with Gasteiger partial charge in [0.25, 0.3) is 0 Å². The van der Waals surface area contributed by atoms with Gasteiger partial charge in [-0.15, -0.1) is 0 Å². The van der Waals surface area contributed by atoms with E-state index in [0.29, 0.717) is 0 Å². The first kappa shape index (κ1) is 16.6. The van der Waals surface area contributed by atoms with E-state index in [-0.39, 0.29) is 0 Å². The fourth-order valence-corrected chi connectivity index (χ4v) is 1.95. The van der Waals surface area contributed by atoms with Crippen LogP contribution < -0.4 is 0 Å². The van der Waals surface area contributed by atoms with Crippen molar-refractivity contribution in [2.45, 2.75) is 57.8 Å². The third kappa shape index (κ3) is 5.66. The molecule has 17 heavy (non-hydrogen) atoms. The summed E-state index contributed by atoms with van der Waals surface area (Å²) in [6.07, 6.45) is 8.45. The minimum Gasteiger partial charge on any atom is -0.327 e. The molecule has 3 nitrogen and oxygen atoms in total. The van der Waals surface area contributed by atoms with Crippen LogP contribution in [-0.4, -0.2) is 27.3 Å². The molecule has 0 saturated heterocycles. The van der Waals surface area contributed by atoms with Crippen molar-refractivity contribution in [1.82, 2.24) is 0 Å². The maximum absolute atomic E-state index is 5.25. The Labute approximate surface area is 106 Å². The standard InChI is InChI=1S/C14H28O3/c1-6-7-8-9-10-11-12-13(2)14(15-3,16-4)17-5/h2,6-12H2,1,3-5H3. The quantitative estimate of drug-likeness (QED) is 0.313. The lowest BCUT2D eigenvalue weighted by molar-refractivity contribution is -0.327. The van der Waals surface area contributed by atoms with Crippen LogP contribution in [0.2, 0.25) is 0 Å². The normalized spacial score (nSPS) is 11.8. The minimum absolute atomic E-state index is 0.848. The molecule has 0 heterocycles. The van der Waals surface area contributed by atoms with Crippen LogP contribution in [0.1, 0.15) is 51.9 Å². The zero-order valence-electron chi connectivity index (χ0n) is 11.9. The number of unbranched alkanes of at least 4 members (excludes halogenated alkanes) is 5. The Morgan fingerprint density at radius 2 is 1.35 bits per heavy atom. The average molecular weight is 244 g/mol. The molecule has 0 rings (SSSR count). The average Bonchev–Trinajstić information content (AvgIpc) is 2.36. The zero-order valence-corrected chi connectivity index (χ0v) is 11.9. The summed E-state index contributed by atoms with van der Waals surface area (Å²) in [6.45, 7) is 6.23. The molecule has 0 spiro atoms. The first-order valence-electron chi connectivity index (χ1n) is 6.50. The fourth-order valence-electron chi connectivity index (χ4n) is 1.95. The van der Waals surface area contributed by atoms with E-state index in [9.17, 15) is 0 Å². The van der Waals surface area contributed by atoms with Gasteiger partial charge < -0.3 is 14.2 Å². The van der Waals surface area contributed by atoms with E-state index in [1.54, 1.807) is 21.3 Å². The van der Waals surface area contributed by atoms with E-state index in [1.807, 2.05) is 0 Å². The van der Waals surface area contributed by atoms with Crippen molar-refractivity contribution in [2.75, 3.05) is 21.3 Å². The second-order valence-corrected chi connectivity index (χ2v) is 4.29. The van der Waals surface area contributed by atoms with Crippen LogP contribution >= 0.6 is 0 Å². The minimum atomic E-state index is -1.07. The predicted molar refractivity (Wildman–Crippen MR) is 70.9 cm³/mol. The lowest BCUT2D eigenvalue weighted by Crippen LogP contribution is -2.37. The van der Waals surface area contributed by atoms with Crippen LogP contribution in [0.15, 0.2) is 12.2 Å². The lowest BCUT2D eigenvalue weighted by Gasteiger charge is -2.30. The summed E-state index contributed by atoms with van der Waals surface area (Å²) < 4.78 is 15.7. The smallest absolute Gasteiger partial charge is 0.306 e. The third-order valence-electron chi connectivity index (χ3n) is 3.07. The van der Waals surface area contributed by atoms with Crippen LogP contribution in [0, 0.1) is 0 Å². The zero-order chi connectivity index (χ0) is 13.1. The molecule has 0 aliphatic heterocycles. The summed E-state index contributed by atoms with van der Waals surface area (Å²) in [5.74, 6) is -1.07. The molecule has 0 aromatic carbocycles. The van der Waals surface area contributed by atoms with Gasteiger partial charge >= 0.3 is 5.97 Å². The summed E-state index contributed by atoms with van der Waals surface area (Å²) in [7, 11) is 4.71. The molecule has 0 atom stereocenters. The molecule has 0 aliphatic carbocycles. The van der Waals surface area contributed by atoms with E-state index < -0.39 is 5.97 Å². The molecular formula is C14H28O3. The van der Waals surface area contributed by atoms with Crippen LogP contribution in [0.3, 0.4) is 0 Å². The van der Waals surface area contributed by atoms with Crippen molar-refractivity contribution in [3.63, 3.8) is 0 Å². The number of hydrogen-bond acceptors (Lipinski definition) is 3. The van der Waals surface area contributed by atoms with Gasteiger partial charge in [0.1, 0.15) is 0 Å². The van der Waals surface area contributed by atoms with Gasteiger partial charge in [-0.1, -0.05) is 45.6 Å². The highest BCUT2D eigenvalue weighted by molar-refractivity contribution is 5.03. The Morgan fingerprint density at radius 3 is 1.82 bits per heavy atom. The first-order chi connectivity index (χ1) is 8.16. The van der Waals surface area contributed by atoms with Gasteiger partial charge in [0.15, 0.2) is 0 Å². The topological polar surface area (TPSA) is 27.7 Å². The molecule has 0 bridgehead atoms. The van der Waals surface area contributed by atoms with Gasteiger partial charge in [0.2, 0.25) is 0 Å². The van der Waals surface area contributed by atoms with Crippen molar-refractivity contribution in [1.29, 1.82) is 0 Å². The predicted octanol–water partition coefficient (Wildman–Crippen LogP) is 3.89. The number of hydrogen-bond donors (Lipinski definition) is 0. The highest BCUT2D eigenvalue weighted by atomic mass is 16.9. The highest BCUT2D eigenvalue weighted by Gasteiger charge is 2.32. The molecule has 0 saturated carbocycles. The molecule has 0 aromatic rings. The highest BCUT2D eigenvalue weighted by Crippen LogP contribution is 2.26. The van der Waals surface area contributed by atoms with E-state index in [2.05, 4.69) is 13.5 Å². The fraction of sp³-hybridized carbons (Fsp3) is 0.857.